The van der Waals surface area contributed by atoms with Crippen LogP contribution in [-0.2, 0) is 0 Å². The van der Waals surface area contributed by atoms with Crippen molar-refractivity contribution in [3.05, 3.63) is 41.5 Å². The lowest BCUT2D eigenvalue weighted by Gasteiger charge is -2.27. The van der Waals surface area contributed by atoms with Crippen LogP contribution >= 0.6 is 12.4 Å². The fourth-order valence-corrected chi connectivity index (χ4v) is 2.92. The van der Waals surface area contributed by atoms with E-state index in [1.165, 1.54) is 4.90 Å². The summed E-state index contributed by atoms with van der Waals surface area (Å²) in [5, 5.41) is 1.45. The predicted octanol–water partition coefficient (Wildman–Crippen LogP) is 2.39. The number of hydrogen-bond donors (Lipinski definition) is 1. The molecule has 5 nitrogen and oxygen atoms in total. The molecule has 0 aliphatic carbocycles. The van der Waals surface area contributed by atoms with Gasteiger partial charge < -0.3 is 10.6 Å². The molecule has 23 heavy (non-hydrogen) atoms. The topological polar surface area (TPSA) is 66.6 Å². The minimum atomic E-state index is -0.229. The third-order valence-electron chi connectivity index (χ3n) is 4.01. The van der Waals surface area contributed by atoms with E-state index < -0.39 is 0 Å². The normalized spacial score (nSPS) is 13.6. The maximum Gasteiger partial charge on any atom is 0.261 e. The third kappa shape index (κ3) is 2.90. The van der Waals surface area contributed by atoms with Crippen LogP contribution in [0.4, 0.5) is 5.69 Å². The summed E-state index contributed by atoms with van der Waals surface area (Å²) in [6.45, 7) is 1.26. The second-order valence-corrected chi connectivity index (χ2v) is 5.85. The molecule has 0 bridgehead atoms. The van der Waals surface area contributed by atoms with Crippen molar-refractivity contribution in [2.45, 2.75) is 6.42 Å². The Morgan fingerprint density at radius 1 is 1.04 bits per heavy atom. The van der Waals surface area contributed by atoms with Crippen molar-refractivity contribution in [2.75, 3.05) is 32.9 Å². The van der Waals surface area contributed by atoms with Gasteiger partial charge in [-0.05, 0) is 45.3 Å². The number of benzene rings is 2. The molecule has 1 aliphatic rings. The summed E-state index contributed by atoms with van der Waals surface area (Å²) in [5.41, 5.74) is 7.67. The van der Waals surface area contributed by atoms with E-state index in [1.54, 1.807) is 18.2 Å². The molecular formula is C17H20ClN3O2. The molecule has 0 atom stereocenters. The number of nitrogen functional groups attached to an aromatic ring is 1. The van der Waals surface area contributed by atoms with Crippen molar-refractivity contribution in [1.82, 2.24) is 9.80 Å². The van der Waals surface area contributed by atoms with Gasteiger partial charge in [-0.3, -0.25) is 14.5 Å². The second kappa shape index (κ2) is 6.56. The maximum absolute atomic E-state index is 12.7. The maximum atomic E-state index is 12.7. The SMILES string of the molecule is CN(C)CCCN1C(=O)c2cccc3c(N)ccc(c23)C1=O.Cl. The average molecular weight is 334 g/mol. The predicted molar refractivity (Wildman–Crippen MR) is 94.1 cm³/mol. The van der Waals surface area contributed by atoms with Gasteiger partial charge in [-0.15, -0.1) is 12.4 Å². The zero-order valence-corrected chi connectivity index (χ0v) is 14.0. The first-order chi connectivity index (χ1) is 10.5. The number of carbonyl (C=O) groups excluding carboxylic acids is 2. The molecule has 0 fully saturated rings. The van der Waals surface area contributed by atoms with Crippen molar-refractivity contribution in [3.63, 3.8) is 0 Å². The molecule has 3 rings (SSSR count). The van der Waals surface area contributed by atoms with Crippen molar-refractivity contribution < 1.29 is 9.59 Å². The summed E-state index contributed by atoms with van der Waals surface area (Å²) in [5.74, 6) is -0.458. The van der Waals surface area contributed by atoms with Gasteiger partial charge in [0.05, 0.1) is 0 Å². The van der Waals surface area contributed by atoms with E-state index >= 15 is 0 Å². The molecule has 0 radical (unpaired) electrons. The van der Waals surface area contributed by atoms with Crippen LogP contribution in [0, 0.1) is 0 Å². The molecule has 0 unspecified atom stereocenters. The summed E-state index contributed by atoms with van der Waals surface area (Å²) >= 11 is 0. The smallest absolute Gasteiger partial charge is 0.261 e. The Morgan fingerprint density at radius 3 is 2.35 bits per heavy atom. The fourth-order valence-electron chi connectivity index (χ4n) is 2.92. The standard InChI is InChI=1S/C17H19N3O2.ClH/c1-19(2)9-4-10-20-16(21)12-6-3-5-11-14(18)8-7-13(15(11)12)17(20)22;/h3,5-8H,4,9-10,18H2,1-2H3;1H. The molecule has 6 heteroatoms. The summed E-state index contributed by atoms with van der Waals surface area (Å²) in [7, 11) is 3.94. The molecule has 1 heterocycles. The number of imide groups is 1. The first-order valence-electron chi connectivity index (χ1n) is 7.33. The van der Waals surface area contributed by atoms with E-state index in [4.69, 9.17) is 5.73 Å². The Hall–Kier alpha value is -2.11. The summed E-state index contributed by atoms with van der Waals surface area (Å²) in [6.07, 6.45) is 0.755. The van der Waals surface area contributed by atoms with Gasteiger partial charge >= 0.3 is 0 Å². The van der Waals surface area contributed by atoms with Gasteiger partial charge in [0.15, 0.2) is 0 Å². The van der Waals surface area contributed by atoms with Gasteiger partial charge in [0, 0.05) is 34.1 Å². The van der Waals surface area contributed by atoms with Crippen LogP contribution in [0.25, 0.3) is 10.8 Å². The first-order valence-corrected chi connectivity index (χ1v) is 7.33. The summed E-state index contributed by atoms with van der Waals surface area (Å²) in [6, 6.07) is 8.87. The highest BCUT2D eigenvalue weighted by Gasteiger charge is 2.32. The van der Waals surface area contributed by atoms with Crippen molar-refractivity contribution in [3.8, 4) is 0 Å². The molecule has 2 amide bonds. The molecule has 1 aliphatic heterocycles. The van der Waals surface area contributed by atoms with Crippen molar-refractivity contribution >= 4 is 40.7 Å². The lowest BCUT2D eigenvalue weighted by Crippen LogP contribution is -2.41. The zero-order chi connectivity index (χ0) is 15.9. The number of amides is 2. The minimum absolute atomic E-state index is 0. The Balaban J connectivity index is 0.00000192. The third-order valence-corrected chi connectivity index (χ3v) is 4.01. The van der Waals surface area contributed by atoms with Crippen LogP contribution in [0.2, 0.25) is 0 Å². The monoisotopic (exact) mass is 333 g/mol. The largest absolute Gasteiger partial charge is 0.398 e. The second-order valence-electron chi connectivity index (χ2n) is 5.85. The van der Waals surface area contributed by atoms with Crippen LogP contribution < -0.4 is 5.73 Å². The quantitative estimate of drug-likeness (QED) is 0.689. The highest BCUT2D eigenvalue weighted by atomic mass is 35.5. The summed E-state index contributed by atoms with van der Waals surface area (Å²) < 4.78 is 0. The van der Waals surface area contributed by atoms with Gasteiger partial charge in [-0.25, -0.2) is 0 Å². The van der Waals surface area contributed by atoms with Crippen LogP contribution in [0.5, 0.6) is 0 Å². The van der Waals surface area contributed by atoms with Crippen molar-refractivity contribution in [2.24, 2.45) is 0 Å². The molecule has 2 aromatic carbocycles. The number of nitrogens with two attached hydrogens (primary N) is 1. The van der Waals surface area contributed by atoms with Gasteiger partial charge in [0.25, 0.3) is 11.8 Å². The van der Waals surface area contributed by atoms with E-state index in [0.29, 0.717) is 28.7 Å². The number of hydrogen-bond acceptors (Lipinski definition) is 4. The Kier molecular flexibility index (Phi) is 4.92. The van der Waals surface area contributed by atoms with Crippen LogP contribution in [0.3, 0.4) is 0 Å². The number of carbonyl (C=O) groups is 2. The lowest BCUT2D eigenvalue weighted by molar-refractivity contribution is 0.0606. The van der Waals surface area contributed by atoms with E-state index in [-0.39, 0.29) is 24.2 Å². The molecule has 122 valence electrons. The highest BCUT2D eigenvalue weighted by Crippen LogP contribution is 2.33. The van der Waals surface area contributed by atoms with Crippen LogP contribution in [-0.4, -0.2) is 48.8 Å². The Labute approximate surface area is 141 Å². The number of anilines is 1. The molecular weight excluding hydrogens is 314 g/mol. The fraction of sp³-hybridized carbons (Fsp3) is 0.294. The number of halogens is 1. The summed E-state index contributed by atoms with van der Waals surface area (Å²) in [4.78, 5) is 28.7. The van der Waals surface area contributed by atoms with E-state index in [9.17, 15) is 9.59 Å². The number of rotatable bonds is 4. The van der Waals surface area contributed by atoms with Gasteiger partial charge in [0.1, 0.15) is 0 Å². The lowest BCUT2D eigenvalue weighted by atomic mass is 9.93. The molecule has 0 spiro atoms. The van der Waals surface area contributed by atoms with Crippen LogP contribution in [0.15, 0.2) is 30.3 Å². The molecule has 2 aromatic rings. The van der Waals surface area contributed by atoms with Gasteiger partial charge in [0.2, 0.25) is 0 Å². The van der Waals surface area contributed by atoms with Gasteiger partial charge in [-0.1, -0.05) is 12.1 Å². The van der Waals surface area contributed by atoms with Crippen molar-refractivity contribution in [1.29, 1.82) is 0 Å². The minimum Gasteiger partial charge on any atom is -0.398 e. The first kappa shape index (κ1) is 17.2. The number of nitrogens with zero attached hydrogens (tertiary/aromatic N) is 2. The molecule has 2 N–H and O–H groups in total. The Bertz CT molecular complexity index is 752. The highest BCUT2D eigenvalue weighted by molar-refractivity contribution is 6.26. The molecule has 0 aromatic heterocycles. The molecule has 0 saturated carbocycles. The van der Waals surface area contributed by atoms with Gasteiger partial charge in [-0.2, -0.15) is 0 Å². The van der Waals surface area contributed by atoms with E-state index in [0.717, 1.165) is 18.4 Å². The molecule has 0 saturated heterocycles. The zero-order valence-electron chi connectivity index (χ0n) is 13.2. The average Bonchev–Trinajstić information content (AvgIpc) is 2.49. The van der Waals surface area contributed by atoms with Crippen LogP contribution in [0.1, 0.15) is 27.1 Å². The Morgan fingerprint density at radius 2 is 1.70 bits per heavy atom. The van der Waals surface area contributed by atoms with E-state index in [1.807, 2.05) is 31.1 Å². The van der Waals surface area contributed by atoms with E-state index in [2.05, 4.69) is 0 Å².